The minimum absolute atomic E-state index is 0.523. The Bertz CT molecular complexity index is 202. The van der Waals surface area contributed by atoms with Crippen LogP contribution in [0.1, 0.15) is 27.7 Å². The first-order valence-electron chi connectivity index (χ1n) is 4.36. The maximum absolute atomic E-state index is 2.37. The highest BCUT2D eigenvalue weighted by Crippen LogP contribution is 2.28. The fourth-order valence-electron chi connectivity index (χ4n) is 1.22. The van der Waals surface area contributed by atoms with Gasteiger partial charge in [0.15, 0.2) is 0 Å². The van der Waals surface area contributed by atoms with Gasteiger partial charge in [0.2, 0.25) is 0 Å². The number of rotatable bonds is 2. The Morgan fingerprint density at radius 2 is 2.17 bits per heavy atom. The first kappa shape index (κ1) is 9.72. The molecule has 0 aromatic heterocycles. The second-order valence-electron chi connectivity index (χ2n) is 3.60. The molecule has 1 aliphatic heterocycles. The summed E-state index contributed by atoms with van der Waals surface area (Å²) in [5.74, 6) is 0. The van der Waals surface area contributed by atoms with Crippen molar-refractivity contribution in [3.8, 4) is 0 Å². The van der Waals surface area contributed by atoms with Crippen molar-refractivity contribution < 1.29 is 0 Å². The van der Waals surface area contributed by atoms with Crippen molar-refractivity contribution in [2.24, 2.45) is 0 Å². The summed E-state index contributed by atoms with van der Waals surface area (Å²) in [5.41, 5.74) is 1.39. The standard InChI is InChI=1S/C10H17NS/c1-8(2)7-10-11(9(3)4)5-6-12-10/h5-7,9-10H,1-4H3. The third-order valence-corrected chi connectivity index (χ3v) is 2.75. The van der Waals surface area contributed by atoms with Crippen molar-refractivity contribution in [1.82, 2.24) is 4.90 Å². The lowest BCUT2D eigenvalue weighted by Gasteiger charge is -2.26. The Balaban J connectivity index is 2.62. The van der Waals surface area contributed by atoms with Gasteiger partial charge >= 0.3 is 0 Å². The zero-order valence-corrected chi connectivity index (χ0v) is 9.06. The van der Waals surface area contributed by atoms with Crippen LogP contribution in [0.2, 0.25) is 0 Å². The van der Waals surface area contributed by atoms with E-state index in [0.717, 1.165) is 0 Å². The van der Waals surface area contributed by atoms with E-state index in [2.05, 4.69) is 50.3 Å². The lowest BCUT2D eigenvalue weighted by molar-refractivity contribution is 0.327. The fourth-order valence-corrected chi connectivity index (χ4v) is 2.39. The molecule has 2 heteroatoms. The molecular formula is C10H17NS. The Kier molecular flexibility index (Phi) is 3.27. The highest BCUT2D eigenvalue weighted by atomic mass is 32.2. The summed E-state index contributed by atoms with van der Waals surface area (Å²) in [6.45, 7) is 8.75. The van der Waals surface area contributed by atoms with Crippen LogP contribution in [0.25, 0.3) is 0 Å². The van der Waals surface area contributed by atoms with Crippen molar-refractivity contribution in [2.45, 2.75) is 39.1 Å². The van der Waals surface area contributed by atoms with Crippen molar-refractivity contribution in [3.63, 3.8) is 0 Å². The van der Waals surface area contributed by atoms with Crippen LogP contribution in [0, 0.1) is 0 Å². The zero-order valence-electron chi connectivity index (χ0n) is 8.24. The van der Waals surface area contributed by atoms with Crippen LogP contribution in [0.4, 0.5) is 0 Å². The number of hydrogen-bond acceptors (Lipinski definition) is 2. The molecule has 0 saturated heterocycles. The molecule has 1 aliphatic rings. The summed E-state index contributed by atoms with van der Waals surface area (Å²) < 4.78 is 0. The monoisotopic (exact) mass is 183 g/mol. The Hall–Kier alpha value is -0.370. The van der Waals surface area contributed by atoms with Gasteiger partial charge in [-0.05, 0) is 33.1 Å². The molecule has 1 unspecified atom stereocenters. The van der Waals surface area contributed by atoms with E-state index in [0.29, 0.717) is 11.4 Å². The van der Waals surface area contributed by atoms with E-state index in [1.807, 2.05) is 11.8 Å². The van der Waals surface area contributed by atoms with Crippen LogP contribution in [0.5, 0.6) is 0 Å². The number of nitrogens with zero attached hydrogens (tertiary/aromatic N) is 1. The van der Waals surface area contributed by atoms with Gasteiger partial charge in [0.05, 0.1) is 5.37 Å². The lowest BCUT2D eigenvalue weighted by atomic mass is 10.3. The van der Waals surface area contributed by atoms with Gasteiger partial charge in [0.25, 0.3) is 0 Å². The number of allylic oxidation sites excluding steroid dienone is 1. The maximum Gasteiger partial charge on any atom is 0.0976 e. The van der Waals surface area contributed by atoms with E-state index in [1.165, 1.54) is 5.57 Å². The third-order valence-electron chi connectivity index (χ3n) is 1.82. The molecule has 1 rings (SSSR count). The lowest BCUT2D eigenvalue weighted by Crippen LogP contribution is -2.29. The largest absolute Gasteiger partial charge is 0.359 e. The molecule has 0 N–H and O–H groups in total. The summed E-state index contributed by atoms with van der Waals surface area (Å²) >= 11 is 1.88. The van der Waals surface area contributed by atoms with Crippen LogP contribution in [-0.2, 0) is 0 Å². The van der Waals surface area contributed by atoms with Crippen molar-refractivity contribution in [1.29, 1.82) is 0 Å². The SMILES string of the molecule is CC(C)=CC1SC=CN1C(C)C. The van der Waals surface area contributed by atoms with Gasteiger partial charge in [-0.2, -0.15) is 0 Å². The van der Waals surface area contributed by atoms with Crippen molar-refractivity contribution >= 4 is 11.8 Å². The fraction of sp³-hybridized carbons (Fsp3) is 0.600. The molecule has 12 heavy (non-hydrogen) atoms. The number of hydrogen-bond donors (Lipinski definition) is 0. The minimum Gasteiger partial charge on any atom is -0.359 e. The summed E-state index contributed by atoms with van der Waals surface area (Å²) in [4.78, 5) is 2.37. The van der Waals surface area contributed by atoms with Crippen LogP contribution < -0.4 is 0 Å². The van der Waals surface area contributed by atoms with Crippen LogP contribution >= 0.6 is 11.8 Å². The van der Waals surface area contributed by atoms with Crippen LogP contribution in [0.3, 0.4) is 0 Å². The Morgan fingerprint density at radius 3 is 2.67 bits per heavy atom. The molecule has 0 fully saturated rings. The highest BCUT2D eigenvalue weighted by Gasteiger charge is 2.19. The smallest absolute Gasteiger partial charge is 0.0976 e. The molecular weight excluding hydrogens is 166 g/mol. The maximum atomic E-state index is 2.37. The van der Waals surface area contributed by atoms with Crippen molar-refractivity contribution in [2.75, 3.05) is 0 Å². The molecule has 0 aliphatic carbocycles. The first-order chi connectivity index (χ1) is 5.61. The summed E-state index contributed by atoms with van der Waals surface area (Å²) in [6.07, 6.45) is 4.49. The molecule has 1 heterocycles. The second-order valence-corrected chi connectivity index (χ2v) is 4.62. The first-order valence-corrected chi connectivity index (χ1v) is 5.30. The summed E-state index contributed by atoms with van der Waals surface area (Å²) in [7, 11) is 0. The average molecular weight is 183 g/mol. The highest BCUT2D eigenvalue weighted by molar-refractivity contribution is 8.03. The summed E-state index contributed by atoms with van der Waals surface area (Å²) in [6, 6.07) is 0.594. The van der Waals surface area contributed by atoms with Gasteiger partial charge < -0.3 is 4.90 Å². The van der Waals surface area contributed by atoms with Gasteiger partial charge in [0.1, 0.15) is 0 Å². The van der Waals surface area contributed by atoms with Crippen LogP contribution in [-0.4, -0.2) is 16.3 Å². The van der Waals surface area contributed by atoms with E-state index >= 15 is 0 Å². The van der Waals surface area contributed by atoms with E-state index in [-0.39, 0.29) is 0 Å². The molecule has 0 amide bonds. The predicted octanol–water partition coefficient (Wildman–Crippen LogP) is 3.21. The Morgan fingerprint density at radius 1 is 1.50 bits per heavy atom. The third kappa shape index (κ3) is 2.31. The van der Waals surface area contributed by atoms with Gasteiger partial charge in [-0.15, -0.1) is 11.8 Å². The predicted molar refractivity (Wildman–Crippen MR) is 56.9 cm³/mol. The molecule has 0 aromatic carbocycles. The molecule has 68 valence electrons. The van der Waals surface area contributed by atoms with E-state index in [9.17, 15) is 0 Å². The van der Waals surface area contributed by atoms with Crippen LogP contribution in [0.15, 0.2) is 23.3 Å². The molecule has 0 bridgehead atoms. The van der Waals surface area contributed by atoms with Gasteiger partial charge in [0, 0.05) is 12.2 Å². The zero-order chi connectivity index (χ0) is 9.14. The molecule has 0 aromatic rings. The average Bonchev–Trinajstić information content (AvgIpc) is 2.33. The van der Waals surface area contributed by atoms with E-state index in [1.54, 1.807) is 0 Å². The summed E-state index contributed by atoms with van der Waals surface area (Å²) in [5, 5.41) is 2.69. The molecule has 1 atom stereocenters. The quantitative estimate of drug-likeness (QED) is 0.605. The topological polar surface area (TPSA) is 3.24 Å². The van der Waals surface area contributed by atoms with E-state index in [4.69, 9.17) is 0 Å². The van der Waals surface area contributed by atoms with E-state index < -0.39 is 0 Å². The second kappa shape index (κ2) is 4.04. The molecule has 1 nitrogen and oxygen atoms in total. The number of thioether (sulfide) groups is 1. The van der Waals surface area contributed by atoms with Gasteiger partial charge in [-0.1, -0.05) is 11.6 Å². The van der Waals surface area contributed by atoms with Crippen molar-refractivity contribution in [3.05, 3.63) is 23.3 Å². The minimum atomic E-state index is 0.523. The normalized spacial score (nSPS) is 22.1. The van der Waals surface area contributed by atoms with Gasteiger partial charge in [-0.3, -0.25) is 0 Å². The Labute approximate surface area is 79.5 Å². The molecule has 0 radical (unpaired) electrons. The molecule has 0 saturated carbocycles. The molecule has 0 spiro atoms. The van der Waals surface area contributed by atoms with Gasteiger partial charge in [-0.25, -0.2) is 0 Å².